The number of aliphatic carboxylic acids is 1. The zero-order chi connectivity index (χ0) is 14.8. The Kier molecular flexibility index (Phi) is 4.25. The minimum Gasteiger partial charge on any atom is -0.480 e. The van der Waals surface area contributed by atoms with Gasteiger partial charge in [0.1, 0.15) is 11.8 Å². The Labute approximate surface area is 125 Å². The van der Waals surface area contributed by atoms with E-state index in [1.54, 1.807) is 19.1 Å². The molecule has 20 heavy (non-hydrogen) atoms. The molecule has 2 rings (SSSR count). The summed E-state index contributed by atoms with van der Waals surface area (Å²) in [5, 5.41) is 16.4. The van der Waals surface area contributed by atoms with Crippen LogP contribution in [0.25, 0.3) is 0 Å². The predicted octanol–water partition coefficient (Wildman–Crippen LogP) is 2.84. The monoisotopic (exact) mass is 338 g/mol. The molecule has 0 amide bonds. The Morgan fingerprint density at radius 1 is 1.55 bits per heavy atom. The summed E-state index contributed by atoms with van der Waals surface area (Å²) < 4.78 is 5.69. The highest BCUT2D eigenvalue weighted by atomic mass is 79.9. The van der Waals surface area contributed by atoms with Crippen LogP contribution in [0, 0.1) is 6.92 Å². The maximum atomic E-state index is 11.7. The Balaban J connectivity index is 2.26. The van der Waals surface area contributed by atoms with Gasteiger partial charge in [0, 0.05) is 16.6 Å². The van der Waals surface area contributed by atoms with Gasteiger partial charge in [-0.15, -0.1) is 0 Å². The summed E-state index contributed by atoms with van der Waals surface area (Å²) in [4.78, 5) is 11.7. The molecule has 2 N–H and O–H groups in total. The van der Waals surface area contributed by atoms with E-state index in [2.05, 4.69) is 26.4 Å². The summed E-state index contributed by atoms with van der Waals surface area (Å²) in [6.45, 7) is 3.82. The zero-order valence-corrected chi connectivity index (χ0v) is 12.8. The second-order valence-corrected chi connectivity index (χ2v) is 5.63. The quantitative estimate of drug-likeness (QED) is 0.876. The number of benzene rings is 1. The van der Waals surface area contributed by atoms with Gasteiger partial charge in [-0.3, -0.25) is 5.32 Å². The Morgan fingerprint density at radius 3 is 2.85 bits per heavy atom. The van der Waals surface area contributed by atoms with Gasteiger partial charge in [0.15, 0.2) is 0 Å². The fourth-order valence-corrected chi connectivity index (χ4v) is 2.25. The van der Waals surface area contributed by atoms with Gasteiger partial charge in [0.2, 0.25) is 0 Å². The van der Waals surface area contributed by atoms with E-state index in [0.29, 0.717) is 12.1 Å². The summed E-state index contributed by atoms with van der Waals surface area (Å²) in [6, 6.07) is 7.25. The third-order valence-corrected chi connectivity index (χ3v) is 3.80. The highest BCUT2D eigenvalue weighted by Gasteiger charge is 2.35. The number of hydrogen-bond donors (Lipinski definition) is 2. The first kappa shape index (κ1) is 14.7. The van der Waals surface area contributed by atoms with E-state index < -0.39 is 11.5 Å². The van der Waals surface area contributed by atoms with Crippen molar-refractivity contribution < 1.29 is 14.4 Å². The molecule has 1 atom stereocenters. The van der Waals surface area contributed by atoms with Gasteiger partial charge < -0.3 is 9.63 Å². The molecule has 6 heteroatoms. The first-order chi connectivity index (χ1) is 9.43. The second kappa shape index (κ2) is 5.76. The van der Waals surface area contributed by atoms with Gasteiger partial charge >= 0.3 is 5.97 Å². The number of hydrogen-bond acceptors (Lipinski definition) is 4. The van der Waals surface area contributed by atoms with Gasteiger partial charge in [-0.2, -0.15) is 0 Å². The number of carboxylic acid groups (broad SMARTS) is 1. The summed E-state index contributed by atoms with van der Waals surface area (Å²) in [5.41, 5.74) is 1.08. The van der Waals surface area contributed by atoms with E-state index in [1.807, 2.05) is 19.1 Å². The van der Waals surface area contributed by atoms with Crippen molar-refractivity contribution in [2.24, 2.45) is 0 Å². The summed E-state index contributed by atoms with van der Waals surface area (Å²) in [7, 11) is 0. The molecule has 1 heterocycles. The van der Waals surface area contributed by atoms with E-state index in [-0.39, 0.29) is 0 Å². The van der Waals surface area contributed by atoms with Gasteiger partial charge in [-0.25, -0.2) is 4.79 Å². The molecule has 1 aromatic heterocycles. The van der Waals surface area contributed by atoms with Crippen LogP contribution in [0.1, 0.15) is 23.7 Å². The van der Waals surface area contributed by atoms with Crippen LogP contribution in [0.4, 0.5) is 0 Å². The standard InChI is InChI=1S/C14H15BrN2O3/c1-9-10(8-20-17-9)7-16-14(2,13(18)19)11-4-3-5-12(15)6-11/h3-6,8,16H,7H2,1-2H3,(H,18,19). The lowest BCUT2D eigenvalue weighted by Gasteiger charge is -2.27. The van der Waals surface area contributed by atoms with Crippen molar-refractivity contribution in [2.45, 2.75) is 25.9 Å². The van der Waals surface area contributed by atoms with Crippen LogP contribution in [0.2, 0.25) is 0 Å². The number of nitrogens with one attached hydrogen (secondary N) is 1. The number of rotatable bonds is 5. The minimum absolute atomic E-state index is 0.366. The lowest BCUT2D eigenvalue weighted by molar-refractivity contribution is -0.144. The van der Waals surface area contributed by atoms with Crippen molar-refractivity contribution in [3.63, 3.8) is 0 Å². The van der Waals surface area contributed by atoms with Gasteiger partial charge in [0.25, 0.3) is 0 Å². The van der Waals surface area contributed by atoms with Crippen molar-refractivity contribution in [1.29, 1.82) is 0 Å². The van der Waals surface area contributed by atoms with Crippen LogP contribution >= 0.6 is 15.9 Å². The fraction of sp³-hybridized carbons (Fsp3) is 0.286. The molecule has 0 saturated heterocycles. The van der Waals surface area contributed by atoms with Crippen molar-refractivity contribution in [3.05, 3.63) is 51.8 Å². The van der Waals surface area contributed by atoms with Crippen LogP contribution in [-0.4, -0.2) is 16.2 Å². The van der Waals surface area contributed by atoms with Crippen molar-refractivity contribution in [3.8, 4) is 0 Å². The molecule has 0 radical (unpaired) electrons. The third-order valence-electron chi connectivity index (χ3n) is 3.31. The average Bonchev–Trinajstić information content (AvgIpc) is 2.81. The Hall–Kier alpha value is -1.66. The minimum atomic E-state index is -1.19. The van der Waals surface area contributed by atoms with Crippen LogP contribution in [0.5, 0.6) is 0 Å². The molecule has 0 aliphatic rings. The molecule has 2 aromatic rings. The van der Waals surface area contributed by atoms with Crippen LogP contribution in [-0.2, 0) is 16.9 Å². The van der Waals surface area contributed by atoms with Crippen molar-refractivity contribution in [2.75, 3.05) is 0 Å². The lowest BCUT2D eigenvalue weighted by Crippen LogP contribution is -2.46. The Morgan fingerprint density at radius 2 is 2.30 bits per heavy atom. The van der Waals surface area contributed by atoms with E-state index in [0.717, 1.165) is 15.7 Å². The predicted molar refractivity (Wildman–Crippen MR) is 77.2 cm³/mol. The number of aryl methyl sites for hydroxylation is 1. The molecule has 0 aliphatic heterocycles. The molecule has 0 aliphatic carbocycles. The van der Waals surface area contributed by atoms with Gasteiger partial charge in [0.05, 0.1) is 5.69 Å². The second-order valence-electron chi connectivity index (χ2n) is 4.72. The molecule has 0 bridgehead atoms. The largest absolute Gasteiger partial charge is 0.480 e. The molecule has 5 nitrogen and oxygen atoms in total. The van der Waals surface area contributed by atoms with Gasteiger partial charge in [-0.1, -0.05) is 33.2 Å². The van der Waals surface area contributed by atoms with E-state index >= 15 is 0 Å². The summed E-state index contributed by atoms with van der Waals surface area (Å²) in [6.07, 6.45) is 1.52. The number of halogens is 1. The zero-order valence-electron chi connectivity index (χ0n) is 11.2. The van der Waals surface area contributed by atoms with Crippen LogP contribution in [0.3, 0.4) is 0 Å². The first-order valence-corrected chi connectivity index (χ1v) is 6.87. The summed E-state index contributed by atoms with van der Waals surface area (Å²) in [5.74, 6) is -0.940. The Bertz CT molecular complexity index is 626. The SMILES string of the molecule is Cc1nocc1CNC(C)(C(=O)O)c1cccc(Br)c1. The normalized spacial score (nSPS) is 13.9. The lowest BCUT2D eigenvalue weighted by atomic mass is 9.92. The van der Waals surface area contributed by atoms with Gasteiger partial charge in [-0.05, 0) is 31.5 Å². The molecule has 0 fully saturated rings. The maximum absolute atomic E-state index is 11.7. The van der Waals surface area contributed by atoms with E-state index in [1.165, 1.54) is 6.26 Å². The number of carboxylic acids is 1. The van der Waals surface area contributed by atoms with Crippen molar-refractivity contribution >= 4 is 21.9 Å². The highest BCUT2D eigenvalue weighted by Crippen LogP contribution is 2.25. The average molecular weight is 339 g/mol. The van der Waals surface area contributed by atoms with E-state index in [9.17, 15) is 9.90 Å². The summed E-state index contributed by atoms with van der Waals surface area (Å²) >= 11 is 3.36. The molecular formula is C14H15BrN2O3. The number of carbonyl (C=O) groups is 1. The molecule has 1 aromatic carbocycles. The van der Waals surface area contributed by atoms with E-state index in [4.69, 9.17) is 4.52 Å². The third kappa shape index (κ3) is 2.91. The fourth-order valence-electron chi connectivity index (χ4n) is 1.86. The molecule has 1 unspecified atom stereocenters. The molecule has 106 valence electrons. The van der Waals surface area contributed by atoms with Crippen molar-refractivity contribution in [1.82, 2.24) is 10.5 Å². The number of nitrogens with zero attached hydrogens (tertiary/aromatic N) is 1. The topological polar surface area (TPSA) is 75.4 Å². The smallest absolute Gasteiger partial charge is 0.328 e. The molecular weight excluding hydrogens is 324 g/mol. The molecule has 0 saturated carbocycles. The number of aromatic nitrogens is 1. The molecule has 0 spiro atoms. The van der Waals surface area contributed by atoms with Crippen LogP contribution < -0.4 is 5.32 Å². The maximum Gasteiger partial charge on any atom is 0.328 e. The highest BCUT2D eigenvalue weighted by molar-refractivity contribution is 9.10. The van der Waals surface area contributed by atoms with Crippen LogP contribution in [0.15, 0.2) is 39.5 Å². The first-order valence-electron chi connectivity index (χ1n) is 6.08.